The molecular weight excluding hydrogens is 214 g/mol. The van der Waals surface area contributed by atoms with Gasteiger partial charge in [0.2, 0.25) is 5.91 Å². The van der Waals surface area contributed by atoms with Gasteiger partial charge in [-0.3, -0.25) is 4.79 Å². The van der Waals surface area contributed by atoms with E-state index >= 15 is 0 Å². The van der Waals surface area contributed by atoms with Gasteiger partial charge in [0, 0.05) is 24.5 Å². The summed E-state index contributed by atoms with van der Waals surface area (Å²) < 4.78 is 2.00. The molecule has 0 saturated heterocycles. The lowest BCUT2D eigenvalue weighted by Crippen LogP contribution is -2.29. The minimum atomic E-state index is 0.0769. The molecule has 1 rings (SSSR count). The highest BCUT2D eigenvalue weighted by Crippen LogP contribution is 2.12. The van der Waals surface area contributed by atoms with Gasteiger partial charge in [0.1, 0.15) is 6.54 Å². The maximum atomic E-state index is 11.6. The van der Waals surface area contributed by atoms with Crippen LogP contribution in [-0.2, 0) is 11.3 Å². The Hall–Kier alpha value is -1.29. The number of rotatable bonds is 7. The third kappa shape index (κ3) is 4.23. The third-order valence-electron chi connectivity index (χ3n) is 2.70. The van der Waals surface area contributed by atoms with Crippen LogP contribution in [0.2, 0.25) is 0 Å². The summed E-state index contributed by atoms with van der Waals surface area (Å²) in [5.41, 5.74) is 1.15. The topological polar surface area (TPSA) is 46.1 Å². The van der Waals surface area contributed by atoms with Crippen LogP contribution in [0.1, 0.15) is 38.9 Å². The van der Waals surface area contributed by atoms with Crippen LogP contribution in [0.5, 0.6) is 0 Å². The molecule has 17 heavy (non-hydrogen) atoms. The molecule has 0 saturated carbocycles. The molecule has 0 fully saturated rings. The number of carbonyl (C=O) groups is 1. The molecule has 4 nitrogen and oxygen atoms in total. The summed E-state index contributed by atoms with van der Waals surface area (Å²) in [5.74, 6) is 0.0769. The number of aromatic nitrogens is 1. The van der Waals surface area contributed by atoms with Crippen molar-refractivity contribution < 1.29 is 4.79 Å². The average Bonchev–Trinajstić information content (AvgIpc) is 2.75. The van der Waals surface area contributed by atoms with Crippen LogP contribution in [-0.4, -0.2) is 23.6 Å². The van der Waals surface area contributed by atoms with Gasteiger partial charge in [0.15, 0.2) is 0 Å². The molecule has 0 radical (unpaired) electrons. The molecular formula is C13H23N3O. The lowest BCUT2D eigenvalue weighted by atomic mass is 10.2. The number of carbonyl (C=O) groups excluding carboxylic acids is 1. The fraction of sp³-hybridized carbons (Fsp3) is 0.615. The molecule has 1 aromatic heterocycles. The molecule has 1 heterocycles. The molecule has 0 aliphatic carbocycles. The summed E-state index contributed by atoms with van der Waals surface area (Å²) in [6, 6.07) is 4.31. The first-order chi connectivity index (χ1) is 8.19. The summed E-state index contributed by atoms with van der Waals surface area (Å²) in [6.45, 7) is 8.32. The third-order valence-corrected chi connectivity index (χ3v) is 2.70. The van der Waals surface area contributed by atoms with Crippen LogP contribution in [0.4, 0.5) is 0 Å². The molecule has 1 amide bonds. The SMILES string of the molecule is CCCNC(=O)Cn1cccc1C(C)NCC. The second-order valence-electron chi connectivity index (χ2n) is 4.19. The highest BCUT2D eigenvalue weighted by atomic mass is 16.1. The van der Waals surface area contributed by atoms with E-state index in [9.17, 15) is 4.79 Å². The number of amides is 1. The summed E-state index contributed by atoms with van der Waals surface area (Å²) in [4.78, 5) is 11.6. The molecule has 0 aliphatic heterocycles. The Morgan fingerprint density at radius 3 is 2.88 bits per heavy atom. The predicted molar refractivity (Wildman–Crippen MR) is 69.8 cm³/mol. The van der Waals surface area contributed by atoms with Gasteiger partial charge >= 0.3 is 0 Å². The summed E-state index contributed by atoms with van der Waals surface area (Å²) in [6.07, 6.45) is 2.92. The Bertz CT molecular complexity index is 346. The van der Waals surface area contributed by atoms with E-state index in [0.29, 0.717) is 6.54 Å². The van der Waals surface area contributed by atoms with Crippen LogP contribution in [0.3, 0.4) is 0 Å². The lowest BCUT2D eigenvalue weighted by Gasteiger charge is -2.16. The lowest BCUT2D eigenvalue weighted by molar-refractivity contribution is -0.121. The quantitative estimate of drug-likeness (QED) is 0.758. The largest absolute Gasteiger partial charge is 0.355 e. The zero-order valence-corrected chi connectivity index (χ0v) is 11.0. The molecule has 0 spiro atoms. The minimum absolute atomic E-state index is 0.0769. The van der Waals surface area contributed by atoms with Gasteiger partial charge in [-0.05, 0) is 32.0 Å². The number of hydrogen-bond acceptors (Lipinski definition) is 2. The van der Waals surface area contributed by atoms with Gasteiger partial charge in [-0.15, -0.1) is 0 Å². The van der Waals surface area contributed by atoms with Gasteiger partial charge in [-0.1, -0.05) is 13.8 Å². The highest BCUT2D eigenvalue weighted by molar-refractivity contribution is 5.75. The van der Waals surface area contributed by atoms with E-state index in [0.717, 1.165) is 25.2 Å². The smallest absolute Gasteiger partial charge is 0.239 e. The maximum absolute atomic E-state index is 11.6. The minimum Gasteiger partial charge on any atom is -0.355 e. The van der Waals surface area contributed by atoms with Crippen molar-refractivity contribution >= 4 is 5.91 Å². The van der Waals surface area contributed by atoms with Crippen molar-refractivity contribution in [2.24, 2.45) is 0 Å². The van der Waals surface area contributed by atoms with Gasteiger partial charge < -0.3 is 15.2 Å². The van der Waals surface area contributed by atoms with Crippen molar-refractivity contribution in [1.29, 1.82) is 0 Å². The first-order valence-electron chi connectivity index (χ1n) is 6.34. The van der Waals surface area contributed by atoms with E-state index < -0.39 is 0 Å². The Balaban J connectivity index is 2.59. The van der Waals surface area contributed by atoms with E-state index in [-0.39, 0.29) is 11.9 Å². The highest BCUT2D eigenvalue weighted by Gasteiger charge is 2.10. The maximum Gasteiger partial charge on any atom is 0.239 e. The van der Waals surface area contributed by atoms with E-state index in [1.165, 1.54) is 0 Å². The molecule has 0 aromatic carbocycles. The van der Waals surface area contributed by atoms with Crippen molar-refractivity contribution in [3.8, 4) is 0 Å². The normalized spacial score (nSPS) is 12.4. The zero-order chi connectivity index (χ0) is 12.7. The Morgan fingerprint density at radius 1 is 1.47 bits per heavy atom. The van der Waals surface area contributed by atoms with Crippen LogP contribution in [0.15, 0.2) is 18.3 Å². The molecule has 4 heteroatoms. The molecule has 1 atom stereocenters. The summed E-state index contributed by atoms with van der Waals surface area (Å²) in [7, 11) is 0. The molecule has 1 unspecified atom stereocenters. The van der Waals surface area contributed by atoms with Crippen LogP contribution in [0, 0.1) is 0 Å². The number of nitrogens with zero attached hydrogens (tertiary/aromatic N) is 1. The van der Waals surface area contributed by atoms with Crippen LogP contribution >= 0.6 is 0 Å². The zero-order valence-electron chi connectivity index (χ0n) is 11.0. The molecule has 96 valence electrons. The van der Waals surface area contributed by atoms with Crippen LogP contribution in [0.25, 0.3) is 0 Å². The van der Waals surface area contributed by atoms with Gasteiger partial charge in [0.25, 0.3) is 0 Å². The summed E-state index contributed by atoms with van der Waals surface area (Å²) >= 11 is 0. The van der Waals surface area contributed by atoms with Crippen molar-refractivity contribution in [1.82, 2.24) is 15.2 Å². The van der Waals surface area contributed by atoms with Crippen molar-refractivity contribution in [2.45, 2.75) is 39.8 Å². The summed E-state index contributed by atoms with van der Waals surface area (Å²) in [5, 5.41) is 6.24. The standard InChI is InChI=1S/C13H23N3O/c1-4-8-15-13(17)10-16-9-6-7-12(16)11(3)14-5-2/h6-7,9,11,14H,4-5,8,10H2,1-3H3,(H,15,17). The number of hydrogen-bond donors (Lipinski definition) is 2. The fourth-order valence-electron chi connectivity index (χ4n) is 1.85. The van der Waals surface area contributed by atoms with Gasteiger partial charge in [0.05, 0.1) is 0 Å². The van der Waals surface area contributed by atoms with Crippen molar-refractivity contribution in [2.75, 3.05) is 13.1 Å². The number of nitrogens with one attached hydrogen (secondary N) is 2. The molecule has 2 N–H and O–H groups in total. The monoisotopic (exact) mass is 237 g/mol. The van der Waals surface area contributed by atoms with Crippen LogP contribution < -0.4 is 10.6 Å². The molecule has 1 aromatic rings. The predicted octanol–water partition coefficient (Wildman–Crippen LogP) is 1.68. The Morgan fingerprint density at radius 2 is 2.24 bits per heavy atom. The second kappa shape index (κ2) is 7.12. The Labute approximate surface area is 103 Å². The van der Waals surface area contributed by atoms with E-state index in [4.69, 9.17) is 0 Å². The van der Waals surface area contributed by atoms with E-state index in [1.54, 1.807) is 0 Å². The molecule has 0 bridgehead atoms. The fourth-order valence-corrected chi connectivity index (χ4v) is 1.85. The van der Waals surface area contributed by atoms with Gasteiger partial charge in [-0.2, -0.15) is 0 Å². The van der Waals surface area contributed by atoms with Crippen molar-refractivity contribution in [3.05, 3.63) is 24.0 Å². The Kier molecular flexibility index (Phi) is 5.77. The van der Waals surface area contributed by atoms with E-state index in [2.05, 4.69) is 37.5 Å². The first kappa shape index (κ1) is 13.8. The van der Waals surface area contributed by atoms with Gasteiger partial charge in [-0.25, -0.2) is 0 Å². The van der Waals surface area contributed by atoms with Crippen molar-refractivity contribution in [3.63, 3.8) is 0 Å². The average molecular weight is 237 g/mol. The second-order valence-corrected chi connectivity index (χ2v) is 4.19. The molecule has 0 aliphatic rings. The van der Waals surface area contributed by atoms with E-state index in [1.807, 2.05) is 16.8 Å². The first-order valence-corrected chi connectivity index (χ1v) is 6.34.